The standard InChI is InChI=1S/C15H18BrN3O/c1-10-15(16)14(19(2)18-10)9-13(20)7-6-11-4-3-5-12(17)8-11/h3-5,8H,6-7,9,17H2,1-2H3. The van der Waals surface area contributed by atoms with Gasteiger partial charge in [-0.2, -0.15) is 5.10 Å². The maximum Gasteiger partial charge on any atom is 0.139 e. The number of nitrogens with zero attached hydrogens (tertiary/aromatic N) is 2. The molecule has 0 unspecified atom stereocenters. The van der Waals surface area contributed by atoms with Crippen LogP contribution in [0.25, 0.3) is 0 Å². The minimum absolute atomic E-state index is 0.205. The molecule has 0 radical (unpaired) electrons. The third-order valence-electron chi connectivity index (χ3n) is 3.27. The molecule has 0 saturated heterocycles. The first kappa shape index (κ1) is 14.8. The summed E-state index contributed by atoms with van der Waals surface area (Å²) in [6.45, 7) is 1.92. The lowest BCUT2D eigenvalue weighted by Gasteiger charge is -2.04. The van der Waals surface area contributed by atoms with Crippen molar-refractivity contribution in [2.75, 3.05) is 5.73 Å². The molecule has 2 aromatic rings. The van der Waals surface area contributed by atoms with Gasteiger partial charge in [0.25, 0.3) is 0 Å². The highest BCUT2D eigenvalue weighted by atomic mass is 79.9. The second kappa shape index (κ2) is 6.22. The number of halogens is 1. The number of rotatable bonds is 5. The van der Waals surface area contributed by atoms with Gasteiger partial charge in [0.2, 0.25) is 0 Å². The zero-order valence-corrected chi connectivity index (χ0v) is 13.3. The molecule has 1 heterocycles. The Kier molecular flexibility index (Phi) is 4.60. The number of ketones is 1. The number of aromatic nitrogens is 2. The number of nitrogens with two attached hydrogens (primary N) is 1. The average Bonchev–Trinajstić information content (AvgIpc) is 2.63. The van der Waals surface area contributed by atoms with Crippen LogP contribution in [0.15, 0.2) is 28.7 Å². The summed E-state index contributed by atoms with van der Waals surface area (Å²) in [6.07, 6.45) is 1.64. The molecule has 0 amide bonds. The highest BCUT2D eigenvalue weighted by Gasteiger charge is 2.14. The van der Waals surface area contributed by atoms with Crippen LogP contribution in [0.1, 0.15) is 23.4 Å². The van der Waals surface area contributed by atoms with Crippen LogP contribution >= 0.6 is 15.9 Å². The summed E-state index contributed by atoms with van der Waals surface area (Å²) < 4.78 is 2.69. The summed E-state index contributed by atoms with van der Waals surface area (Å²) in [5.74, 6) is 0.205. The predicted molar refractivity (Wildman–Crippen MR) is 83.5 cm³/mol. The van der Waals surface area contributed by atoms with E-state index in [0.717, 1.165) is 33.5 Å². The van der Waals surface area contributed by atoms with E-state index in [-0.39, 0.29) is 5.78 Å². The Bertz CT molecular complexity index is 634. The number of aryl methyl sites for hydroxylation is 3. The van der Waals surface area contributed by atoms with Gasteiger partial charge in [-0.15, -0.1) is 0 Å². The Morgan fingerprint density at radius 1 is 1.45 bits per heavy atom. The van der Waals surface area contributed by atoms with E-state index >= 15 is 0 Å². The van der Waals surface area contributed by atoms with E-state index in [1.165, 1.54) is 0 Å². The van der Waals surface area contributed by atoms with E-state index in [1.54, 1.807) is 4.68 Å². The van der Waals surface area contributed by atoms with E-state index in [9.17, 15) is 4.79 Å². The van der Waals surface area contributed by atoms with E-state index in [4.69, 9.17) is 5.73 Å². The topological polar surface area (TPSA) is 60.9 Å². The zero-order chi connectivity index (χ0) is 14.7. The smallest absolute Gasteiger partial charge is 0.139 e. The molecule has 1 aromatic carbocycles. The molecule has 2 N–H and O–H groups in total. The van der Waals surface area contributed by atoms with Crippen molar-refractivity contribution in [2.45, 2.75) is 26.2 Å². The Balaban J connectivity index is 1.96. The number of anilines is 1. The van der Waals surface area contributed by atoms with E-state index in [1.807, 2.05) is 38.2 Å². The molecular formula is C15H18BrN3O. The largest absolute Gasteiger partial charge is 0.399 e. The molecule has 0 atom stereocenters. The Labute approximate surface area is 127 Å². The van der Waals surface area contributed by atoms with Crippen LogP contribution in [0.2, 0.25) is 0 Å². The number of carbonyl (C=O) groups is 1. The van der Waals surface area contributed by atoms with Crippen LogP contribution < -0.4 is 5.73 Å². The van der Waals surface area contributed by atoms with Gasteiger partial charge in [0.15, 0.2) is 0 Å². The molecular weight excluding hydrogens is 318 g/mol. The van der Waals surface area contributed by atoms with Crippen LogP contribution in [0.3, 0.4) is 0 Å². The second-order valence-corrected chi connectivity index (χ2v) is 5.72. The monoisotopic (exact) mass is 335 g/mol. The number of carbonyl (C=O) groups excluding carboxylic acids is 1. The van der Waals surface area contributed by atoms with Gasteiger partial charge in [0.1, 0.15) is 5.78 Å². The van der Waals surface area contributed by atoms with Crippen molar-refractivity contribution in [3.63, 3.8) is 0 Å². The van der Waals surface area contributed by atoms with Crippen molar-refractivity contribution < 1.29 is 4.79 Å². The predicted octanol–water partition coefficient (Wildman–Crippen LogP) is 2.82. The fourth-order valence-electron chi connectivity index (χ4n) is 2.18. The summed E-state index contributed by atoms with van der Waals surface area (Å²) in [6, 6.07) is 7.67. The normalized spacial score (nSPS) is 10.8. The first-order chi connectivity index (χ1) is 9.47. The molecule has 20 heavy (non-hydrogen) atoms. The number of nitrogen functional groups attached to an aromatic ring is 1. The molecule has 0 spiro atoms. The molecule has 0 aliphatic carbocycles. The quantitative estimate of drug-likeness (QED) is 0.854. The third kappa shape index (κ3) is 3.48. The van der Waals surface area contributed by atoms with Crippen molar-refractivity contribution in [3.05, 3.63) is 45.7 Å². The van der Waals surface area contributed by atoms with Crippen LogP contribution in [0, 0.1) is 6.92 Å². The van der Waals surface area contributed by atoms with Gasteiger partial charge >= 0.3 is 0 Å². The maximum absolute atomic E-state index is 12.1. The molecule has 106 valence electrons. The van der Waals surface area contributed by atoms with Gasteiger partial charge in [-0.05, 0) is 47.0 Å². The molecule has 0 fully saturated rings. The van der Waals surface area contributed by atoms with Gasteiger partial charge in [-0.3, -0.25) is 9.48 Å². The summed E-state index contributed by atoms with van der Waals surface area (Å²) >= 11 is 3.48. The molecule has 5 heteroatoms. The summed E-state index contributed by atoms with van der Waals surface area (Å²) in [5, 5.41) is 4.29. The Morgan fingerprint density at radius 3 is 2.80 bits per heavy atom. The van der Waals surface area contributed by atoms with Crippen molar-refractivity contribution in [3.8, 4) is 0 Å². The first-order valence-corrected chi connectivity index (χ1v) is 7.30. The van der Waals surface area contributed by atoms with E-state index < -0.39 is 0 Å². The van der Waals surface area contributed by atoms with Crippen LogP contribution in [0.4, 0.5) is 5.69 Å². The summed E-state index contributed by atoms with van der Waals surface area (Å²) in [7, 11) is 1.86. The Hall–Kier alpha value is -1.62. The van der Waals surface area contributed by atoms with Crippen molar-refractivity contribution in [1.82, 2.24) is 9.78 Å². The van der Waals surface area contributed by atoms with Gasteiger partial charge in [-0.25, -0.2) is 0 Å². The van der Waals surface area contributed by atoms with Gasteiger partial charge < -0.3 is 5.73 Å². The summed E-state index contributed by atoms with van der Waals surface area (Å²) in [4.78, 5) is 12.1. The van der Waals surface area contributed by atoms with Crippen molar-refractivity contribution in [2.24, 2.45) is 7.05 Å². The minimum atomic E-state index is 0.205. The summed E-state index contributed by atoms with van der Waals surface area (Å²) in [5.41, 5.74) is 9.40. The highest BCUT2D eigenvalue weighted by Crippen LogP contribution is 2.21. The number of hydrogen-bond donors (Lipinski definition) is 1. The molecule has 1 aromatic heterocycles. The number of Topliss-reactive ketones (excluding diaryl/α,β-unsaturated/α-hetero) is 1. The molecule has 0 saturated carbocycles. The van der Waals surface area contributed by atoms with Crippen molar-refractivity contribution >= 4 is 27.4 Å². The van der Waals surface area contributed by atoms with Crippen LogP contribution in [-0.2, 0) is 24.7 Å². The highest BCUT2D eigenvalue weighted by molar-refractivity contribution is 9.10. The molecule has 0 bridgehead atoms. The second-order valence-electron chi connectivity index (χ2n) is 4.93. The molecule has 0 aliphatic heterocycles. The lowest BCUT2D eigenvalue weighted by atomic mass is 10.0. The maximum atomic E-state index is 12.1. The minimum Gasteiger partial charge on any atom is -0.399 e. The van der Waals surface area contributed by atoms with Crippen LogP contribution in [0.5, 0.6) is 0 Å². The SMILES string of the molecule is Cc1nn(C)c(CC(=O)CCc2cccc(N)c2)c1Br. The number of benzene rings is 1. The molecule has 0 aliphatic rings. The molecule has 4 nitrogen and oxygen atoms in total. The zero-order valence-electron chi connectivity index (χ0n) is 11.7. The Morgan fingerprint density at radius 2 is 2.20 bits per heavy atom. The third-order valence-corrected chi connectivity index (χ3v) is 4.30. The fourth-order valence-corrected chi connectivity index (χ4v) is 2.66. The fraction of sp³-hybridized carbons (Fsp3) is 0.333. The lowest BCUT2D eigenvalue weighted by Crippen LogP contribution is -2.09. The van der Waals surface area contributed by atoms with Gasteiger partial charge in [0, 0.05) is 25.6 Å². The van der Waals surface area contributed by atoms with E-state index in [0.29, 0.717) is 12.8 Å². The lowest BCUT2D eigenvalue weighted by molar-refractivity contribution is -0.118. The average molecular weight is 336 g/mol. The van der Waals surface area contributed by atoms with Crippen molar-refractivity contribution in [1.29, 1.82) is 0 Å². The van der Waals surface area contributed by atoms with E-state index in [2.05, 4.69) is 21.0 Å². The number of hydrogen-bond acceptors (Lipinski definition) is 3. The van der Waals surface area contributed by atoms with Crippen LogP contribution in [-0.4, -0.2) is 15.6 Å². The molecule has 2 rings (SSSR count). The van der Waals surface area contributed by atoms with Gasteiger partial charge in [-0.1, -0.05) is 12.1 Å². The van der Waals surface area contributed by atoms with Gasteiger partial charge in [0.05, 0.1) is 15.9 Å². The first-order valence-electron chi connectivity index (χ1n) is 6.51.